The molecule has 0 aromatic carbocycles. The Morgan fingerprint density at radius 1 is 1.40 bits per heavy atom. The number of aliphatic hydroxyl groups excluding tert-OH is 4. The number of esters is 1. The number of hydrogen-bond donors (Lipinski definition) is 6. The highest BCUT2D eigenvalue weighted by Gasteiger charge is 2.54. The molecular formula is C15H27NO9. The molecule has 0 spiro atoms. The van der Waals surface area contributed by atoms with E-state index in [-0.39, 0.29) is 6.61 Å². The molecule has 10 nitrogen and oxygen atoms in total. The van der Waals surface area contributed by atoms with Crippen LogP contribution >= 0.6 is 0 Å². The van der Waals surface area contributed by atoms with Gasteiger partial charge in [-0.2, -0.15) is 0 Å². The Bertz CT molecular complexity index is 460. The number of rotatable bonds is 8. The number of unbranched alkanes of at least 4 members (excludes halogenated alkanes) is 1. The van der Waals surface area contributed by atoms with Crippen LogP contribution in [-0.4, -0.2) is 86.9 Å². The van der Waals surface area contributed by atoms with Gasteiger partial charge in [-0.1, -0.05) is 13.3 Å². The van der Waals surface area contributed by atoms with E-state index in [1.54, 1.807) is 0 Å². The minimum absolute atomic E-state index is 0.0404. The van der Waals surface area contributed by atoms with Crippen molar-refractivity contribution in [3.8, 4) is 0 Å². The number of ether oxygens (including phenoxy) is 2. The first kappa shape index (κ1) is 21.7. The molecule has 1 aliphatic heterocycles. The number of amides is 1. The predicted octanol–water partition coefficient (Wildman–Crippen LogP) is -2.61. The lowest BCUT2D eigenvalue weighted by atomic mass is 9.88. The maximum absolute atomic E-state index is 12.1. The van der Waals surface area contributed by atoms with Crippen LogP contribution in [0.1, 0.15) is 33.1 Å². The van der Waals surface area contributed by atoms with Crippen molar-refractivity contribution in [2.45, 2.75) is 69.4 Å². The van der Waals surface area contributed by atoms with Crippen LogP contribution in [0.5, 0.6) is 0 Å². The van der Waals surface area contributed by atoms with Crippen molar-refractivity contribution in [2.24, 2.45) is 0 Å². The second-order valence-electron chi connectivity index (χ2n) is 6.09. The van der Waals surface area contributed by atoms with E-state index in [2.05, 4.69) is 5.32 Å². The SMILES string of the molecule is CCCCOC(=O)C1(O)C[C@H](O)[C@@H](NC(C)=O)[C@H]([C@H](O)[C@H](O)CO)O1. The van der Waals surface area contributed by atoms with Gasteiger partial charge in [0.15, 0.2) is 0 Å². The van der Waals surface area contributed by atoms with Crippen molar-refractivity contribution in [3.63, 3.8) is 0 Å². The standard InChI is InChI=1S/C15H27NO9/c1-3-4-5-24-14(22)15(23)6-9(19)11(16-8(2)18)13(25-15)12(21)10(20)7-17/h9-13,17,19-21,23H,3-7H2,1-2H3,(H,16,18)/t9-,10+,11+,12+,13+,15?/m0/s1. The summed E-state index contributed by atoms with van der Waals surface area (Å²) in [5.74, 6) is -4.25. The number of carbonyl (C=O) groups is 2. The summed E-state index contributed by atoms with van der Waals surface area (Å²) in [6.45, 7) is 2.25. The Kier molecular flexibility index (Phi) is 8.19. The monoisotopic (exact) mass is 365 g/mol. The summed E-state index contributed by atoms with van der Waals surface area (Å²) in [6, 6.07) is -1.21. The van der Waals surface area contributed by atoms with Crippen LogP contribution in [0.4, 0.5) is 0 Å². The molecule has 10 heteroatoms. The van der Waals surface area contributed by atoms with Gasteiger partial charge in [0.05, 0.1) is 25.4 Å². The zero-order valence-corrected chi connectivity index (χ0v) is 14.3. The van der Waals surface area contributed by atoms with Crippen LogP contribution in [0.2, 0.25) is 0 Å². The molecule has 0 radical (unpaired) electrons. The Labute approximate surface area is 145 Å². The van der Waals surface area contributed by atoms with Gasteiger partial charge < -0.3 is 40.3 Å². The third kappa shape index (κ3) is 5.59. The molecule has 1 amide bonds. The molecule has 0 aliphatic carbocycles. The van der Waals surface area contributed by atoms with Gasteiger partial charge in [-0.3, -0.25) is 4.79 Å². The lowest BCUT2D eigenvalue weighted by Gasteiger charge is -2.45. The van der Waals surface area contributed by atoms with Gasteiger partial charge in [0.2, 0.25) is 5.91 Å². The van der Waals surface area contributed by atoms with Crippen molar-refractivity contribution in [1.82, 2.24) is 5.32 Å². The summed E-state index contributed by atoms with van der Waals surface area (Å²) in [4.78, 5) is 23.4. The van der Waals surface area contributed by atoms with E-state index < -0.39 is 61.1 Å². The van der Waals surface area contributed by atoms with Crippen LogP contribution in [0.15, 0.2) is 0 Å². The van der Waals surface area contributed by atoms with E-state index in [1.807, 2.05) is 6.92 Å². The molecule has 1 heterocycles. The van der Waals surface area contributed by atoms with Crippen molar-refractivity contribution in [3.05, 3.63) is 0 Å². The van der Waals surface area contributed by atoms with Gasteiger partial charge in [0.1, 0.15) is 18.3 Å². The van der Waals surface area contributed by atoms with Gasteiger partial charge in [-0.15, -0.1) is 0 Å². The fourth-order valence-corrected chi connectivity index (χ4v) is 2.55. The quantitative estimate of drug-likeness (QED) is 0.199. The average molecular weight is 365 g/mol. The second-order valence-corrected chi connectivity index (χ2v) is 6.09. The summed E-state index contributed by atoms with van der Waals surface area (Å²) >= 11 is 0. The molecule has 25 heavy (non-hydrogen) atoms. The maximum atomic E-state index is 12.1. The number of aliphatic hydroxyl groups is 5. The summed E-state index contributed by atoms with van der Waals surface area (Å²) in [5.41, 5.74) is 0. The molecule has 1 rings (SSSR count). The molecule has 1 saturated heterocycles. The van der Waals surface area contributed by atoms with E-state index in [0.29, 0.717) is 6.42 Å². The van der Waals surface area contributed by atoms with Crippen molar-refractivity contribution in [2.75, 3.05) is 13.2 Å². The molecule has 0 aromatic rings. The van der Waals surface area contributed by atoms with E-state index in [0.717, 1.165) is 6.42 Å². The molecule has 6 atom stereocenters. The molecule has 0 saturated carbocycles. The molecule has 1 unspecified atom stereocenters. The Hall–Kier alpha value is -1.30. The molecule has 0 bridgehead atoms. The summed E-state index contributed by atoms with van der Waals surface area (Å²) < 4.78 is 10.1. The topological polar surface area (TPSA) is 166 Å². The Balaban J connectivity index is 3.00. The molecule has 1 fully saturated rings. The lowest BCUT2D eigenvalue weighted by molar-refractivity contribution is -0.297. The normalized spacial score (nSPS) is 31.9. The molecule has 1 aliphatic rings. The third-order valence-electron chi connectivity index (χ3n) is 3.92. The van der Waals surface area contributed by atoms with Crippen LogP contribution in [-0.2, 0) is 19.1 Å². The Morgan fingerprint density at radius 3 is 2.56 bits per heavy atom. The number of nitrogens with one attached hydrogen (secondary N) is 1. The minimum atomic E-state index is -2.55. The number of hydrogen-bond acceptors (Lipinski definition) is 9. The van der Waals surface area contributed by atoms with Gasteiger partial charge in [0, 0.05) is 13.3 Å². The smallest absolute Gasteiger partial charge is 0.366 e. The van der Waals surface area contributed by atoms with Gasteiger partial charge in [0.25, 0.3) is 5.79 Å². The first-order valence-corrected chi connectivity index (χ1v) is 8.15. The summed E-state index contributed by atoms with van der Waals surface area (Å²) in [6.07, 6.45) is -5.76. The summed E-state index contributed by atoms with van der Waals surface area (Å²) in [5, 5.41) is 51.7. The van der Waals surface area contributed by atoms with Crippen molar-refractivity contribution < 1.29 is 44.6 Å². The highest BCUT2D eigenvalue weighted by atomic mass is 16.7. The molecule has 146 valence electrons. The first-order valence-electron chi connectivity index (χ1n) is 8.15. The molecule has 6 N–H and O–H groups in total. The minimum Gasteiger partial charge on any atom is -0.462 e. The first-order chi connectivity index (χ1) is 11.7. The van der Waals surface area contributed by atoms with Crippen LogP contribution in [0.3, 0.4) is 0 Å². The van der Waals surface area contributed by atoms with E-state index in [1.165, 1.54) is 6.92 Å². The zero-order valence-electron chi connectivity index (χ0n) is 14.3. The van der Waals surface area contributed by atoms with Gasteiger partial charge in [-0.25, -0.2) is 4.79 Å². The van der Waals surface area contributed by atoms with E-state index in [4.69, 9.17) is 14.6 Å². The fourth-order valence-electron chi connectivity index (χ4n) is 2.55. The van der Waals surface area contributed by atoms with Gasteiger partial charge >= 0.3 is 5.97 Å². The maximum Gasteiger partial charge on any atom is 0.366 e. The van der Waals surface area contributed by atoms with Crippen molar-refractivity contribution >= 4 is 11.9 Å². The second kappa shape index (κ2) is 9.41. The van der Waals surface area contributed by atoms with Crippen molar-refractivity contribution in [1.29, 1.82) is 0 Å². The highest BCUT2D eigenvalue weighted by Crippen LogP contribution is 2.31. The largest absolute Gasteiger partial charge is 0.462 e. The fraction of sp³-hybridized carbons (Fsp3) is 0.867. The lowest BCUT2D eigenvalue weighted by Crippen LogP contribution is -2.67. The van der Waals surface area contributed by atoms with E-state index >= 15 is 0 Å². The van der Waals surface area contributed by atoms with E-state index in [9.17, 15) is 30.0 Å². The van der Waals surface area contributed by atoms with Gasteiger partial charge in [-0.05, 0) is 6.42 Å². The van der Waals surface area contributed by atoms with Crippen LogP contribution < -0.4 is 5.32 Å². The average Bonchev–Trinajstić information content (AvgIpc) is 2.55. The van der Waals surface area contributed by atoms with Crippen LogP contribution in [0, 0.1) is 0 Å². The summed E-state index contributed by atoms with van der Waals surface area (Å²) in [7, 11) is 0. The number of carbonyl (C=O) groups excluding carboxylic acids is 2. The molecule has 0 aromatic heterocycles. The van der Waals surface area contributed by atoms with Crippen LogP contribution in [0.25, 0.3) is 0 Å². The predicted molar refractivity (Wildman–Crippen MR) is 83.0 cm³/mol. The Morgan fingerprint density at radius 2 is 2.04 bits per heavy atom. The highest BCUT2D eigenvalue weighted by molar-refractivity contribution is 5.78. The zero-order chi connectivity index (χ0) is 19.2. The molecular weight excluding hydrogens is 338 g/mol. The third-order valence-corrected chi connectivity index (χ3v) is 3.92.